The molecule has 1 N–H and O–H groups in total. The van der Waals surface area contributed by atoms with Crippen molar-refractivity contribution in [2.75, 3.05) is 5.32 Å². The monoisotopic (exact) mass is 407 g/mol. The summed E-state index contributed by atoms with van der Waals surface area (Å²) in [6, 6.07) is 16.2. The van der Waals surface area contributed by atoms with Gasteiger partial charge in [-0.3, -0.25) is 25.0 Å². The number of carbonyl (C=O) groups is 2. The zero-order valence-electron chi connectivity index (χ0n) is 15.2. The molecule has 0 atom stereocenters. The van der Waals surface area contributed by atoms with Crippen molar-refractivity contribution in [2.24, 2.45) is 0 Å². The Balaban J connectivity index is 1.66. The van der Waals surface area contributed by atoms with E-state index in [2.05, 4.69) is 5.32 Å². The lowest BCUT2D eigenvalue weighted by molar-refractivity contribution is -0.385. The predicted octanol–water partition coefficient (Wildman–Crippen LogP) is 3.97. The molecular weight excluding hydrogens is 394 g/mol. The molecule has 0 aliphatic carbocycles. The zero-order chi connectivity index (χ0) is 21.7. The Morgan fingerprint density at radius 1 is 0.767 bits per heavy atom. The Bertz CT molecular complexity index is 1050. The van der Waals surface area contributed by atoms with Crippen LogP contribution in [0.5, 0.6) is 5.75 Å². The first kappa shape index (κ1) is 20.1. The molecule has 1 amide bonds. The number of hydrogen-bond donors (Lipinski definition) is 1. The number of nitrogens with zero attached hydrogens (tertiary/aromatic N) is 2. The number of anilines is 1. The Hall–Kier alpha value is -4.60. The molecule has 0 aromatic heterocycles. The van der Waals surface area contributed by atoms with Crippen molar-refractivity contribution >= 4 is 28.9 Å². The molecule has 0 aliphatic rings. The van der Waals surface area contributed by atoms with E-state index in [0.717, 1.165) is 12.1 Å². The van der Waals surface area contributed by atoms with Gasteiger partial charge in [0, 0.05) is 35.5 Å². The zero-order valence-corrected chi connectivity index (χ0v) is 15.2. The van der Waals surface area contributed by atoms with Crippen LogP contribution in [-0.4, -0.2) is 21.7 Å². The minimum atomic E-state index is -0.771. The van der Waals surface area contributed by atoms with Gasteiger partial charge in [-0.25, -0.2) is 4.79 Å². The lowest BCUT2D eigenvalue weighted by Gasteiger charge is -2.07. The molecule has 0 bridgehead atoms. The van der Waals surface area contributed by atoms with E-state index < -0.39 is 21.7 Å². The molecule has 3 aromatic rings. The second-order valence-corrected chi connectivity index (χ2v) is 5.98. The summed E-state index contributed by atoms with van der Waals surface area (Å²) in [6.07, 6.45) is 0. The average Bonchev–Trinajstić information content (AvgIpc) is 2.75. The topological polar surface area (TPSA) is 142 Å². The van der Waals surface area contributed by atoms with Crippen molar-refractivity contribution < 1.29 is 24.2 Å². The van der Waals surface area contributed by atoms with Gasteiger partial charge in [0.15, 0.2) is 0 Å². The first-order valence-electron chi connectivity index (χ1n) is 8.46. The van der Waals surface area contributed by atoms with Crippen LogP contribution in [0, 0.1) is 20.2 Å². The first-order chi connectivity index (χ1) is 14.3. The molecule has 0 saturated carbocycles. The summed E-state index contributed by atoms with van der Waals surface area (Å²) in [7, 11) is 0. The number of esters is 1. The Labute approximate surface area is 169 Å². The van der Waals surface area contributed by atoms with Crippen LogP contribution in [0.25, 0.3) is 0 Å². The van der Waals surface area contributed by atoms with Crippen LogP contribution in [0.1, 0.15) is 20.7 Å². The van der Waals surface area contributed by atoms with Crippen LogP contribution >= 0.6 is 0 Å². The van der Waals surface area contributed by atoms with Crippen molar-refractivity contribution in [3.8, 4) is 5.75 Å². The predicted molar refractivity (Wildman–Crippen MR) is 106 cm³/mol. The van der Waals surface area contributed by atoms with Crippen molar-refractivity contribution in [3.63, 3.8) is 0 Å². The summed E-state index contributed by atoms with van der Waals surface area (Å²) < 4.78 is 5.17. The number of carbonyl (C=O) groups excluding carboxylic acids is 2. The molecule has 0 fully saturated rings. The normalized spacial score (nSPS) is 10.1. The molecule has 0 spiro atoms. The van der Waals surface area contributed by atoms with E-state index in [9.17, 15) is 29.8 Å². The first-order valence-corrected chi connectivity index (χ1v) is 8.46. The maximum absolute atomic E-state index is 12.2. The van der Waals surface area contributed by atoms with E-state index in [1.165, 1.54) is 60.7 Å². The SMILES string of the molecule is O=C(Nc1ccc(OC(=O)c2cccc([N+](=O)[O-])c2)cc1)c1cccc([N+](=O)[O-])c1. The molecule has 0 heterocycles. The minimum Gasteiger partial charge on any atom is -0.423 e. The van der Waals surface area contributed by atoms with Gasteiger partial charge in [-0.15, -0.1) is 0 Å². The van der Waals surface area contributed by atoms with Gasteiger partial charge in [0.25, 0.3) is 17.3 Å². The minimum absolute atomic E-state index is 0.0206. The number of nitrogens with one attached hydrogen (secondary N) is 1. The molecule has 0 unspecified atom stereocenters. The number of rotatable bonds is 6. The van der Waals surface area contributed by atoms with E-state index in [4.69, 9.17) is 4.74 Å². The highest BCUT2D eigenvalue weighted by Gasteiger charge is 2.14. The number of nitro groups is 2. The fourth-order valence-electron chi connectivity index (χ4n) is 2.48. The quantitative estimate of drug-likeness (QED) is 0.282. The maximum atomic E-state index is 12.2. The van der Waals surface area contributed by atoms with Gasteiger partial charge in [-0.05, 0) is 36.4 Å². The molecule has 10 nitrogen and oxygen atoms in total. The second-order valence-electron chi connectivity index (χ2n) is 5.98. The van der Waals surface area contributed by atoms with Gasteiger partial charge in [-0.1, -0.05) is 12.1 Å². The summed E-state index contributed by atoms with van der Waals surface area (Å²) in [5, 5.41) is 24.2. The Morgan fingerprint density at radius 2 is 1.30 bits per heavy atom. The fraction of sp³-hybridized carbons (Fsp3) is 0. The summed E-state index contributed by atoms with van der Waals surface area (Å²) in [5.41, 5.74) is 0.0778. The van der Waals surface area contributed by atoms with Crippen molar-refractivity contribution in [1.29, 1.82) is 0 Å². The van der Waals surface area contributed by atoms with Gasteiger partial charge in [-0.2, -0.15) is 0 Å². The highest BCUT2D eigenvalue weighted by atomic mass is 16.6. The van der Waals surface area contributed by atoms with Crippen LogP contribution in [0.15, 0.2) is 72.8 Å². The van der Waals surface area contributed by atoms with Crippen molar-refractivity contribution in [1.82, 2.24) is 0 Å². The Morgan fingerprint density at radius 3 is 1.87 bits per heavy atom. The fourth-order valence-corrected chi connectivity index (χ4v) is 2.48. The third-order valence-corrected chi connectivity index (χ3v) is 3.93. The Kier molecular flexibility index (Phi) is 5.78. The van der Waals surface area contributed by atoms with Gasteiger partial charge in [0.2, 0.25) is 0 Å². The van der Waals surface area contributed by atoms with Crippen LogP contribution in [0.4, 0.5) is 17.1 Å². The number of nitro benzene ring substituents is 2. The smallest absolute Gasteiger partial charge is 0.343 e. The number of amides is 1. The second kappa shape index (κ2) is 8.61. The largest absolute Gasteiger partial charge is 0.423 e. The molecule has 3 aromatic carbocycles. The third-order valence-electron chi connectivity index (χ3n) is 3.93. The van der Waals surface area contributed by atoms with E-state index in [1.807, 2.05) is 0 Å². The molecule has 30 heavy (non-hydrogen) atoms. The molecule has 3 rings (SSSR count). The third kappa shape index (κ3) is 4.81. The van der Waals surface area contributed by atoms with Crippen LogP contribution in [-0.2, 0) is 0 Å². The van der Waals surface area contributed by atoms with E-state index >= 15 is 0 Å². The summed E-state index contributed by atoms with van der Waals surface area (Å²) in [5.74, 6) is -1.15. The van der Waals surface area contributed by atoms with Gasteiger partial charge in [0.1, 0.15) is 5.75 Å². The summed E-state index contributed by atoms with van der Waals surface area (Å²) >= 11 is 0. The van der Waals surface area contributed by atoms with Crippen molar-refractivity contribution in [2.45, 2.75) is 0 Å². The standard InChI is InChI=1S/C20H13N3O7/c24-19(13-3-1-5-16(11-13)22(26)27)21-15-7-9-18(10-8-15)30-20(25)14-4-2-6-17(12-14)23(28)29/h1-12H,(H,21,24). The molecule has 10 heteroatoms. The molecule has 150 valence electrons. The molecular formula is C20H13N3O7. The van der Waals surface area contributed by atoms with Gasteiger partial charge < -0.3 is 10.1 Å². The average molecular weight is 407 g/mol. The van der Waals surface area contributed by atoms with E-state index in [0.29, 0.717) is 5.69 Å². The maximum Gasteiger partial charge on any atom is 0.343 e. The molecule has 0 radical (unpaired) electrons. The molecule has 0 aliphatic heterocycles. The highest BCUT2D eigenvalue weighted by molar-refractivity contribution is 6.04. The lowest BCUT2D eigenvalue weighted by atomic mass is 10.2. The van der Waals surface area contributed by atoms with Crippen LogP contribution in [0.2, 0.25) is 0 Å². The van der Waals surface area contributed by atoms with E-state index in [-0.39, 0.29) is 28.3 Å². The number of non-ortho nitro benzene ring substituents is 2. The number of hydrogen-bond acceptors (Lipinski definition) is 7. The summed E-state index contributed by atoms with van der Waals surface area (Å²) in [4.78, 5) is 44.8. The lowest BCUT2D eigenvalue weighted by Crippen LogP contribution is -2.12. The molecule has 0 saturated heterocycles. The van der Waals surface area contributed by atoms with Crippen LogP contribution in [0.3, 0.4) is 0 Å². The van der Waals surface area contributed by atoms with E-state index in [1.54, 1.807) is 0 Å². The summed E-state index contributed by atoms with van der Waals surface area (Å²) in [6.45, 7) is 0. The van der Waals surface area contributed by atoms with Gasteiger partial charge in [0.05, 0.1) is 15.4 Å². The van der Waals surface area contributed by atoms with Crippen molar-refractivity contribution in [3.05, 3.63) is 104 Å². The number of benzene rings is 3. The highest BCUT2D eigenvalue weighted by Crippen LogP contribution is 2.20. The van der Waals surface area contributed by atoms with Crippen LogP contribution < -0.4 is 10.1 Å². The van der Waals surface area contributed by atoms with Gasteiger partial charge >= 0.3 is 5.97 Å². The number of ether oxygens (including phenoxy) is 1.